The molecule has 220 valence electrons. The van der Waals surface area contributed by atoms with Crippen LogP contribution in [0, 0.1) is 0 Å². The highest BCUT2D eigenvalue weighted by Gasteiger charge is 2.53. The van der Waals surface area contributed by atoms with Crippen molar-refractivity contribution < 1.29 is 4.79 Å². The third-order valence-electron chi connectivity index (χ3n) is 10.1. The second kappa shape index (κ2) is 9.93. The van der Waals surface area contributed by atoms with Gasteiger partial charge in [-0.05, 0) is 80.9 Å². The minimum absolute atomic E-state index is 0.0717. The van der Waals surface area contributed by atoms with Crippen LogP contribution < -0.4 is 4.90 Å². The fourth-order valence-electron chi connectivity index (χ4n) is 8.09. The van der Waals surface area contributed by atoms with Gasteiger partial charge in [0.05, 0.1) is 22.5 Å². The molecule has 3 heteroatoms. The number of hydrogen-bond acceptors (Lipinski definition) is 3. The summed E-state index contributed by atoms with van der Waals surface area (Å²) in [6.45, 7) is 0. The molecule has 0 radical (unpaired) electrons. The Hall–Kier alpha value is -5.64. The maximum atomic E-state index is 14.7. The number of benzene rings is 7. The van der Waals surface area contributed by atoms with Crippen LogP contribution in [-0.2, 0) is 5.41 Å². The number of hydrogen-bond donors (Lipinski definition) is 0. The Morgan fingerprint density at radius 2 is 1.04 bits per heavy atom. The third kappa shape index (κ3) is 3.60. The highest BCUT2D eigenvalue weighted by molar-refractivity contribution is 7.99. The quantitative estimate of drug-likeness (QED) is 0.192. The van der Waals surface area contributed by atoms with E-state index in [0.717, 1.165) is 50.2 Å². The van der Waals surface area contributed by atoms with E-state index in [1.54, 1.807) is 0 Å². The molecular weight excluding hydrogens is 591 g/mol. The van der Waals surface area contributed by atoms with Gasteiger partial charge in [-0.15, -0.1) is 0 Å². The lowest BCUT2D eigenvalue weighted by atomic mass is 9.57. The van der Waals surface area contributed by atoms with Gasteiger partial charge in [-0.3, -0.25) is 4.79 Å². The first-order valence-electron chi connectivity index (χ1n) is 16.0. The second-order valence-electron chi connectivity index (χ2n) is 12.4. The summed E-state index contributed by atoms with van der Waals surface area (Å²) in [7, 11) is 0. The molecule has 2 aliphatic heterocycles. The van der Waals surface area contributed by atoms with Crippen molar-refractivity contribution in [1.29, 1.82) is 0 Å². The number of fused-ring (bicyclic) bond motifs is 10. The van der Waals surface area contributed by atoms with Gasteiger partial charge in [0.1, 0.15) is 0 Å². The van der Waals surface area contributed by atoms with Gasteiger partial charge in [0, 0.05) is 20.9 Å². The largest absolute Gasteiger partial charge is 0.308 e. The molecule has 0 bridgehead atoms. The van der Waals surface area contributed by atoms with Gasteiger partial charge in [-0.1, -0.05) is 139 Å². The van der Waals surface area contributed by atoms with Crippen LogP contribution >= 0.6 is 11.8 Å². The normalized spacial score (nSPS) is 16.5. The fourth-order valence-corrected chi connectivity index (χ4v) is 9.18. The zero-order valence-corrected chi connectivity index (χ0v) is 26.2. The Balaban J connectivity index is 1.35. The van der Waals surface area contributed by atoms with Crippen molar-refractivity contribution in [3.8, 4) is 22.3 Å². The van der Waals surface area contributed by atoms with Crippen molar-refractivity contribution in [3.63, 3.8) is 0 Å². The van der Waals surface area contributed by atoms with Crippen molar-refractivity contribution in [2.24, 2.45) is 0 Å². The summed E-state index contributed by atoms with van der Waals surface area (Å²) in [6, 6.07) is 58.1. The van der Waals surface area contributed by atoms with E-state index in [2.05, 4.69) is 157 Å². The Morgan fingerprint density at radius 1 is 0.426 bits per heavy atom. The molecule has 0 saturated heterocycles. The number of para-hydroxylation sites is 3. The van der Waals surface area contributed by atoms with E-state index in [9.17, 15) is 4.79 Å². The van der Waals surface area contributed by atoms with E-state index in [1.165, 1.54) is 32.3 Å². The number of ketones is 1. The van der Waals surface area contributed by atoms with Crippen LogP contribution in [0.25, 0.3) is 22.3 Å². The van der Waals surface area contributed by atoms with Gasteiger partial charge < -0.3 is 4.90 Å². The molecule has 7 aromatic carbocycles. The molecule has 0 saturated carbocycles. The maximum Gasteiger partial charge on any atom is 0.193 e. The molecule has 1 aliphatic carbocycles. The van der Waals surface area contributed by atoms with Crippen LogP contribution in [0.3, 0.4) is 0 Å². The van der Waals surface area contributed by atoms with Gasteiger partial charge in [0.2, 0.25) is 0 Å². The molecule has 2 nitrogen and oxygen atoms in total. The van der Waals surface area contributed by atoms with Crippen molar-refractivity contribution >= 4 is 34.6 Å². The smallest absolute Gasteiger partial charge is 0.193 e. The first kappa shape index (κ1) is 26.6. The summed E-state index contributed by atoms with van der Waals surface area (Å²) in [5.41, 5.74) is 13.1. The zero-order valence-electron chi connectivity index (χ0n) is 25.4. The lowest BCUT2D eigenvalue weighted by Crippen LogP contribution is -2.43. The summed E-state index contributed by atoms with van der Waals surface area (Å²) in [6.07, 6.45) is 0. The molecule has 0 N–H and O–H groups in total. The molecule has 1 spiro atoms. The van der Waals surface area contributed by atoms with E-state index in [4.69, 9.17) is 0 Å². The topological polar surface area (TPSA) is 20.3 Å². The van der Waals surface area contributed by atoms with E-state index in [-0.39, 0.29) is 5.78 Å². The molecule has 0 amide bonds. The molecular formula is C44H27NOS. The molecule has 0 fully saturated rings. The van der Waals surface area contributed by atoms with Crippen molar-refractivity contribution in [1.82, 2.24) is 0 Å². The second-order valence-corrected chi connectivity index (χ2v) is 13.5. The lowest BCUT2D eigenvalue weighted by Gasteiger charge is -2.50. The molecule has 1 unspecified atom stereocenters. The van der Waals surface area contributed by atoms with E-state index < -0.39 is 5.41 Å². The lowest BCUT2D eigenvalue weighted by molar-refractivity contribution is 0.103. The van der Waals surface area contributed by atoms with Crippen LogP contribution in [0.2, 0.25) is 0 Å². The highest BCUT2D eigenvalue weighted by Crippen LogP contribution is 2.65. The average molecular weight is 618 g/mol. The van der Waals surface area contributed by atoms with Gasteiger partial charge in [0.15, 0.2) is 5.78 Å². The van der Waals surface area contributed by atoms with Crippen LogP contribution in [0.1, 0.15) is 38.2 Å². The fraction of sp³-hybridized carbons (Fsp3) is 0.0227. The number of carbonyl (C=O) groups is 1. The molecule has 47 heavy (non-hydrogen) atoms. The maximum absolute atomic E-state index is 14.7. The van der Waals surface area contributed by atoms with Gasteiger partial charge >= 0.3 is 0 Å². The Bertz CT molecular complexity index is 2420. The molecule has 10 rings (SSSR count). The van der Waals surface area contributed by atoms with Gasteiger partial charge in [-0.25, -0.2) is 0 Å². The molecule has 2 heterocycles. The van der Waals surface area contributed by atoms with Crippen LogP contribution in [-0.4, -0.2) is 5.78 Å². The van der Waals surface area contributed by atoms with E-state index in [0.29, 0.717) is 0 Å². The predicted octanol–water partition coefficient (Wildman–Crippen LogP) is 11.2. The summed E-state index contributed by atoms with van der Waals surface area (Å²) >= 11 is 1.83. The third-order valence-corrected chi connectivity index (χ3v) is 11.2. The van der Waals surface area contributed by atoms with E-state index in [1.807, 2.05) is 23.9 Å². The van der Waals surface area contributed by atoms with Crippen LogP contribution in [0.5, 0.6) is 0 Å². The number of nitrogens with zero attached hydrogens (tertiary/aromatic N) is 1. The van der Waals surface area contributed by atoms with Crippen LogP contribution in [0.4, 0.5) is 17.1 Å². The summed E-state index contributed by atoms with van der Waals surface area (Å²) < 4.78 is 0. The predicted molar refractivity (Wildman–Crippen MR) is 191 cm³/mol. The number of anilines is 3. The summed E-state index contributed by atoms with van der Waals surface area (Å²) in [4.78, 5) is 19.6. The first-order chi connectivity index (χ1) is 23.2. The molecule has 3 aliphatic rings. The van der Waals surface area contributed by atoms with Gasteiger partial charge in [0.25, 0.3) is 0 Å². The Kier molecular flexibility index (Phi) is 5.61. The Morgan fingerprint density at radius 3 is 1.83 bits per heavy atom. The monoisotopic (exact) mass is 617 g/mol. The minimum Gasteiger partial charge on any atom is -0.308 e. The molecule has 7 aromatic rings. The number of carbonyl (C=O) groups excluding carboxylic acids is 1. The van der Waals surface area contributed by atoms with E-state index >= 15 is 0 Å². The SMILES string of the molecule is O=C1c2cc(-c3ccccc3)ccc2C2(c3cc(-c4ccccc4)ccc31)c1ccccc1N1c3ccccc3Sc3cccc2c31. The first-order valence-corrected chi connectivity index (χ1v) is 16.8. The summed E-state index contributed by atoms with van der Waals surface area (Å²) in [5.74, 6) is 0.0717. The summed E-state index contributed by atoms with van der Waals surface area (Å²) in [5, 5.41) is 0. The zero-order chi connectivity index (χ0) is 31.1. The van der Waals surface area contributed by atoms with Crippen molar-refractivity contribution in [2.75, 3.05) is 4.90 Å². The number of rotatable bonds is 2. The minimum atomic E-state index is -0.718. The molecule has 0 aromatic heterocycles. The van der Waals surface area contributed by atoms with Crippen molar-refractivity contribution in [3.05, 3.63) is 197 Å². The standard InChI is InChI=1S/C44H27NOS/c46-43-32-24-22-31(29-14-5-2-6-15-29)27-37(32)44(34-25-23-30(26-33(34)43)28-12-3-1-4-13-28)35-16-7-8-18-38(35)45-39-19-9-10-20-40(39)47-41-21-11-17-36(44)42(41)45/h1-27H. The van der Waals surface area contributed by atoms with Gasteiger partial charge in [-0.2, -0.15) is 0 Å². The Labute approximate surface area is 278 Å². The van der Waals surface area contributed by atoms with Crippen molar-refractivity contribution in [2.45, 2.75) is 15.2 Å². The molecule has 1 atom stereocenters. The van der Waals surface area contributed by atoms with Crippen LogP contribution in [0.15, 0.2) is 174 Å². The average Bonchev–Trinajstić information content (AvgIpc) is 3.15. The highest BCUT2D eigenvalue weighted by atomic mass is 32.2.